The third-order valence-corrected chi connectivity index (χ3v) is 5.48. The molecule has 1 fully saturated rings. The minimum Gasteiger partial charge on any atom is -0.316 e. The normalized spacial score (nSPS) is 18.8. The van der Waals surface area contributed by atoms with Gasteiger partial charge in [0.05, 0.1) is 0 Å². The average molecular weight is 308 g/mol. The van der Waals surface area contributed by atoms with Gasteiger partial charge in [0.1, 0.15) is 0 Å². The molecule has 1 aromatic rings. The Hall–Kier alpha value is -0.550. The second kappa shape index (κ2) is 9.46. The van der Waals surface area contributed by atoms with E-state index in [1.807, 2.05) is 11.8 Å². The molecule has 21 heavy (non-hydrogen) atoms. The summed E-state index contributed by atoms with van der Waals surface area (Å²) in [5.74, 6) is 1.15. The number of piperazine rings is 1. The molecule has 1 atom stereocenters. The van der Waals surface area contributed by atoms with Crippen molar-refractivity contribution in [1.82, 2.24) is 15.1 Å². The summed E-state index contributed by atoms with van der Waals surface area (Å²) >= 11 is 1.95. The van der Waals surface area contributed by atoms with E-state index in [4.69, 9.17) is 0 Å². The molecule has 1 heterocycles. The zero-order valence-corrected chi connectivity index (χ0v) is 14.2. The number of likely N-dealkylation sites (N-methyl/N-ethyl adjacent to an activating group) is 1. The van der Waals surface area contributed by atoms with Crippen LogP contribution in [-0.2, 0) is 0 Å². The molecule has 1 aromatic carbocycles. The number of nitrogens with one attached hydrogen (secondary N) is 1. The first-order valence-corrected chi connectivity index (χ1v) is 9.10. The molecule has 0 radical (unpaired) electrons. The zero-order chi connectivity index (χ0) is 14.9. The molecule has 118 valence electrons. The Morgan fingerprint density at radius 3 is 2.38 bits per heavy atom. The minimum absolute atomic E-state index is 0.597. The molecule has 0 spiro atoms. The van der Waals surface area contributed by atoms with E-state index in [1.54, 1.807) is 0 Å². The molecule has 0 bridgehead atoms. The van der Waals surface area contributed by atoms with Gasteiger partial charge in [-0.05, 0) is 38.7 Å². The second-order valence-electron chi connectivity index (χ2n) is 5.67. The third kappa shape index (κ3) is 5.99. The van der Waals surface area contributed by atoms with Gasteiger partial charge in [0.25, 0.3) is 0 Å². The summed E-state index contributed by atoms with van der Waals surface area (Å²) in [7, 11) is 2.09. The molecule has 0 aliphatic carbocycles. The summed E-state index contributed by atoms with van der Waals surface area (Å²) < 4.78 is 0. The maximum absolute atomic E-state index is 3.47. The highest BCUT2D eigenvalue weighted by Crippen LogP contribution is 2.19. The largest absolute Gasteiger partial charge is 0.316 e. The molecule has 0 saturated carbocycles. The van der Waals surface area contributed by atoms with Gasteiger partial charge in [-0.3, -0.25) is 0 Å². The van der Waals surface area contributed by atoms with E-state index in [2.05, 4.69) is 59.4 Å². The van der Waals surface area contributed by atoms with E-state index >= 15 is 0 Å². The smallest absolute Gasteiger partial charge is 0.0170 e. The number of nitrogens with zero attached hydrogens (tertiary/aromatic N) is 2. The summed E-state index contributed by atoms with van der Waals surface area (Å²) in [6, 6.07) is 11.3. The fourth-order valence-corrected chi connectivity index (χ4v) is 3.77. The molecule has 3 nitrogen and oxygen atoms in total. The van der Waals surface area contributed by atoms with Crippen molar-refractivity contribution >= 4 is 11.8 Å². The van der Waals surface area contributed by atoms with Crippen LogP contribution < -0.4 is 5.32 Å². The maximum atomic E-state index is 3.47. The van der Waals surface area contributed by atoms with Crippen LogP contribution in [0, 0.1) is 0 Å². The van der Waals surface area contributed by atoms with E-state index in [-0.39, 0.29) is 0 Å². The molecule has 0 aromatic heterocycles. The lowest BCUT2D eigenvalue weighted by Gasteiger charge is -2.34. The summed E-state index contributed by atoms with van der Waals surface area (Å²) in [6.45, 7) is 9.61. The average Bonchev–Trinajstić information content (AvgIpc) is 2.56. The van der Waals surface area contributed by atoms with Gasteiger partial charge in [-0.2, -0.15) is 0 Å². The van der Waals surface area contributed by atoms with Crippen LogP contribution in [0.5, 0.6) is 0 Å². The van der Waals surface area contributed by atoms with Gasteiger partial charge in [0.2, 0.25) is 0 Å². The molecule has 1 aliphatic heterocycles. The second-order valence-corrected chi connectivity index (χ2v) is 6.77. The predicted molar refractivity (Wildman–Crippen MR) is 93.2 cm³/mol. The predicted octanol–water partition coefficient (Wildman–Crippen LogP) is 2.39. The van der Waals surface area contributed by atoms with Crippen molar-refractivity contribution in [3.63, 3.8) is 0 Å². The summed E-state index contributed by atoms with van der Waals surface area (Å²) in [5.41, 5.74) is 0. The molecular weight excluding hydrogens is 278 g/mol. The highest BCUT2D eigenvalue weighted by Gasteiger charge is 2.16. The molecule has 1 aliphatic rings. The van der Waals surface area contributed by atoms with Crippen molar-refractivity contribution in [2.75, 3.05) is 52.1 Å². The summed E-state index contributed by atoms with van der Waals surface area (Å²) in [5, 5.41) is 3.47. The van der Waals surface area contributed by atoms with Crippen LogP contribution >= 0.6 is 11.8 Å². The van der Waals surface area contributed by atoms with Crippen molar-refractivity contribution in [2.24, 2.45) is 0 Å². The van der Waals surface area contributed by atoms with Crippen molar-refractivity contribution in [2.45, 2.75) is 24.3 Å². The van der Waals surface area contributed by atoms with Crippen LogP contribution in [0.25, 0.3) is 0 Å². The van der Waals surface area contributed by atoms with Crippen LogP contribution in [0.1, 0.15) is 13.3 Å². The number of rotatable bonds is 8. The number of hydrogen-bond acceptors (Lipinski definition) is 4. The number of benzene rings is 1. The van der Waals surface area contributed by atoms with Crippen molar-refractivity contribution in [3.05, 3.63) is 30.3 Å². The monoisotopic (exact) mass is 307 g/mol. The summed E-state index contributed by atoms with van der Waals surface area (Å²) in [4.78, 5) is 6.52. The van der Waals surface area contributed by atoms with E-state index in [9.17, 15) is 0 Å². The van der Waals surface area contributed by atoms with E-state index < -0.39 is 0 Å². The lowest BCUT2D eigenvalue weighted by atomic mass is 10.2. The Morgan fingerprint density at radius 1 is 1.10 bits per heavy atom. The first-order valence-electron chi connectivity index (χ1n) is 8.11. The van der Waals surface area contributed by atoms with E-state index in [0.717, 1.165) is 5.75 Å². The highest BCUT2D eigenvalue weighted by atomic mass is 32.2. The SMILES string of the molecule is CCN1CCN(CC[C@H](CSc2ccccc2)NC)CC1. The molecule has 1 saturated heterocycles. The van der Waals surface area contributed by atoms with Gasteiger partial charge in [0.15, 0.2) is 0 Å². The van der Waals surface area contributed by atoms with Crippen LogP contribution in [0.15, 0.2) is 35.2 Å². The Balaban J connectivity index is 1.66. The van der Waals surface area contributed by atoms with Crippen LogP contribution in [0.4, 0.5) is 0 Å². The topological polar surface area (TPSA) is 18.5 Å². The van der Waals surface area contributed by atoms with Crippen LogP contribution in [-0.4, -0.2) is 67.9 Å². The molecule has 0 amide bonds. The van der Waals surface area contributed by atoms with E-state index in [0.29, 0.717) is 6.04 Å². The first-order chi connectivity index (χ1) is 10.3. The lowest BCUT2D eigenvalue weighted by molar-refractivity contribution is 0.134. The standard InChI is InChI=1S/C17H29N3S/c1-3-19-11-13-20(14-12-19)10-9-16(18-2)15-21-17-7-5-4-6-8-17/h4-8,16,18H,3,9-15H2,1-2H3/t16-/m1/s1. The third-order valence-electron chi connectivity index (χ3n) is 4.31. The Morgan fingerprint density at radius 2 is 1.76 bits per heavy atom. The van der Waals surface area contributed by atoms with Crippen LogP contribution in [0.3, 0.4) is 0 Å². The van der Waals surface area contributed by atoms with Gasteiger partial charge in [-0.15, -0.1) is 11.8 Å². The van der Waals surface area contributed by atoms with Gasteiger partial charge in [-0.1, -0.05) is 25.1 Å². The van der Waals surface area contributed by atoms with Crippen LogP contribution in [0.2, 0.25) is 0 Å². The van der Waals surface area contributed by atoms with Gasteiger partial charge in [-0.25, -0.2) is 0 Å². The molecule has 4 heteroatoms. The lowest BCUT2D eigenvalue weighted by Crippen LogP contribution is -2.47. The highest BCUT2D eigenvalue weighted by molar-refractivity contribution is 7.99. The van der Waals surface area contributed by atoms with Gasteiger partial charge in [0, 0.05) is 42.9 Å². The van der Waals surface area contributed by atoms with Crippen molar-refractivity contribution in [3.8, 4) is 0 Å². The Bertz CT molecular complexity index is 377. The van der Waals surface area contributed by atoms with E-state index in [1.165, 1.54) is 50.6 Å². The number of thioether (sulfide) groups is 1. The first kappa shape index (κ1) is 16.8. The maximum Gasteiger partial charge on any atom is 0.0170 e. The minimum atomic E-state index is 0.597. The van der Waals surface area contributed by atoms with Gasteiger partial charge < -0.3 is 15.1 Å². The Labute approximate surface area is 134 Å². The molecule has 1 N–H and O–H groups in total. The van der Waals surface area contributed by atoms with Crippen molar-refractivity contribution < 1.29 is 0 Å². The quantitative estimate of drug-likeness (QED) is 0.743. The molecule has 0 unspecified atom stereocenters. The van der Waals surface area contributed by atoms with Gasteiger partial charge >= 0.3 is 0 Å². The fourth-order valence-electron chi connectivity index (χ4n) is 2.69. The number of hydrogen-bond donors (Lipinski definition) is 1. The molecular formula is C17H29N3S. The zero-order valence-electron chi connectivity index (χ0n) is 13.4. The summed E-state index contributed by atoms with van der Waals surface area (Å²) in [6.07, 6.45) is 1.24. The Kier molecular flexibility index (Phi) is 7.58. The molecule has 2 rings (SSSR count). The van der Waals surface area contributed by atoms with Crippen molar-refractivity contribution in [1.29, 1.82) is 0 Å². The fraction of sp³-hybridized carbons (Fsp3) is 0.647.